The first-order chi connectivity index (χ1) is 9.74. The van der Waals surface area contributed by atoms with Crippen LogP contribution in [0.2, 0.25) is 0 Å². The van der Waals surface area contributed by atoms with Crippen molar-refractivity contribution in [2.75, 3.05) is 57.9 Å². The van der Waals surface area contributed by atoms with Crippen LogP contribution in [0.5, 0.6) is 5.75 Å². The van der Waals surface area contributed by atoms with Gasteiger partial charge in [0.25, 0.3) is 0 Å². The number of methoxy groups -OCH3 is 1. The molecule has 0 spiro atoms. The molecule has 1 aliphatic heterocycles. The average molecular weight is 282 g/mol. The fraction of sp³-hybridized carbons (Fsp3) is 0.600. The summed E-state index contributed by atoms with van der Waals surface area (Å²) in [4.78, 5) is 4.47. The lowest BCUT2D eigenvalue weighted by Crippen LogP contribution is -2.46. The van der Waals surface area contributed by atoms with Gasteiger partial charge in [0.2, 0.25) is 0 Å². The number of hydrogen-bond donors (Lipinski definition) is 0. The summed E-state index contributed by atoms with van der Waals surface area (Å²) in [5, 5.41) is 0. The molecule has 0 saturated carbocycles. The Morgan fingerprint density at radius 1 is 1.15 bits per heavy atom. The van der Waals surface area contributed by atoms with Gasteiger partial charge in [0.15, 0.2) is 0 Å². The number of benzene rings is 1. The second-order valence-electron chi connectivity index (χ2n) is 4.88. The van der Waals surface area contributed by atoms with Crippen LogP contribution in [0.1, 0.15) is 6.92 Å². The summed E-state index contributed by atoms with van der Waals surface area (Å²) in [5.41, 5.74) is 0.667. The van der Waals surface area contributed by atoms with E-state index in [-0.39, 0.29) is 5.82 Å². The normalized spacial score (nSPS) is 16.4. The summed E-state index contributed by atoms with van der Waals surface area (Å²) < 4.78 is 24.5. The number of ether oxygens (including phenoxy) is 2. The van der Waals surface area contributed by atoms with Crippen molar-refractivity contribution in [2.45, 2.75) is 6.92 Å². The number of likely N-dealkylation sites (N-methyl/N-ethyl adjacent to an activating group) is 1. The molecule has 5 heteroatoms. The van der Waals surface area contributed by atoms with Gasteiger partial charge in [-0.2, -0.15) is 0 Å². The van der Waals surface area contributed by atoms with Crippen molar-refractivity contribution in [2.24, 2.45) is 0 Å². The molecule has 0 radical (unpaired) electrons. The van der Waals surface area contributed by atoms with E-state index >= 15 is 0 Å². The predicted molar refractivity (Wildman–Crippen MR) is 78.1 cm³/mol. The Hall–Kier alpha value is -1.33. The largest absolute Gasteiger partial charge is 0.491 e. The fourth-order valence-electron chi connectivity index (χ4n) is 2.38. The lowest BCUT2D eigenvalue weighted by molar-refractivity contribution is 0.146. The zero-order valence-electron chi connectivity index (χ0n) is 12.3. The van der Waals surface area contributed by atoms with Gasteiger partial charge >= 0.3 is 0 Å². The first-order valence-electron chi connectivity index (χ1n) is 7.13. The molecule has 1 saturated heterocycles. The predicted octanol–water partition coefficient (Wildman–Crippen LogP) is 1.99. The molecule has 0 N–H and O–H groups in total. The molecule has 1 aliphatic rings. The Morgan fingerprint density at radius 3 is 2.50 bits per heavy atom. The molecule has 20 heavy (non-hydrogen) atoms. The summed E-state index contributed by atoms with van der Waals surface area (Å²) in [6.07, 6.45) is 0. The third-order valence-corrected chi connectivity index (χ3v) is 3.64. The molecule has 0 bridgehead atoms. The second kappa shape index (κ2) is 7.45. The molecule has 1 heterocycles. The van der Waals surface area contributed by atoms with E-state index in [2.05, 4.69) is 16.7 Å². The standard InChI is InChI=1S/C15H23FN2O2/c1-3-17-6-8-18(9-7-17)15-5-4-13(12-14(15)16)20-11-10-19-2/h4-5,12H,3,6-11H2,1-2H3. The number of anilines is 1. The van der Waals surface area contributed by atoms with Crippen LogP contribution in [0.4, 0.5) is 10.1 Å². The summed E-state index contributed by atoms with van der Waals surface area (Å²) in [5.74, 6) is 0.334. The minimum atomic E-state index is -0.218. The maximum Gasteiger partial charge on any atom is 0.150 e. The molecule has 0 aliphatic carbocycles. The van der Waals surface area contributed by atoms with Crippen LogP contribution in [-0.2, 0) is 4.74 Å². The van der Waals surface area contributed by atoms with E-state index in [9.17, 15) is 4.39 Å². The fourth-order valence-corrected chi connectivity index (χ4v) is 2.38. The van der Waals surface area contributed by atoms with E-state index in [1.807, 2.05) is 6.07 Å². The molecule has 1 aromatic carbocycles. The van der Waals surface area contributed by atoms with Crippen molar-refractivity contribution in [1.29, 1.82) is 0 Å². The zero-order valence-corrected chi connectivity index (χ0v) is 12.3. The van der Waals surface area contributed by atoms with Gasteiger partial charge in [-0.1, -0.05) is 6.92 Å². The molecule has 0 aromatic heterocycles. The topological polar surface area (TPSA) is 24.9 Å². The van der Waals surface area contributed by atoms with Crippen LogP contribution in [0.15, 0.2) is 18.2 Å². The maximum absolute atomic E-state index is 14.2. The van der Waals surface area contributed by atoms with E-state index in [1.54, 1.807) is 13.2 Å². The first-order valence-corrected chi connectivity index (χ1v) is 7.13. The highest BCUT2D eigenvalue weighted by Gasteiger charge is 2.18. The summed E-state index contributed by atoms with van der Waals surface area (Å²) >= 11 is 0. The quantitative estimate of drug-likeness (QED) is 0.745. The van der Waals surface area contributed by atoms with E-state index in [4.69, 9.17) is 9.47 Å². The SMILES string of the molecule is CCN1CCN(c2ccc(OCCOC)cc2F)CC1. The Morgan fingerprint density at radius 2 is 1.90 bits per heavy atom. The molecule has 2 rings (SSSR count). The third-order valence-electron chi connectivity index (χ3n) is 3.64. The molecule has 1 aromatic rings. The molecule has 1 fully saturated rings. The van der Waals surface area contributed by atoms with E-state index in [0.29, 0.717) is 24.7 Å². The number of piperazine rings is 1. The van der Waals surface area contributed by atoms with Gasteiger partial charge in [0.1, 0.15) is 18.2 Å². The maximum atomic E-state index is 14.2. The highest BCUT2D eigenvalue weighted by Crippen LogP contribution is 2.25. The van der Waals surface area contributed by atoms with Crippen molar-refractivity contribution >= 4 is 5.69 Å². The van der Waals surface area contributed by atoms with Gasteiger partial charge in [-0.15, -0.1) is 0 Å². The minimum absolute atomic E-state index is 0.218. The monoisotopic (exact) mass is 282 g/mol. The molecule has 0 unspecified atom stereocenters. The summed E-state index contributed by atoms with van der Waals surface area (Å²) in [6, 6.07) is 5.08. The van der Waals surface area contributed by atoms with Crippen molar-refractivity contribution in [3.63, 3.8) is 0 Å². The van der Waals surface area contributed by atoms with Gasteiger partial charge < -0.3 is 19.3 Å². The van der Waals surface area contributed by atoms with Gasteiger partial charge in [-0.3, -0.25) is 0 Å². The zero-order chi connectivity index (χ0) is 14.4. The van der Waals surface area contributed by atoms with Crippen LogP contribution in [0.3, 0.4) is 0 Å². The van der Waals surface area contributed by atoms with Crippen LogP contribution in [0, 0.1) is 5.82 Å². The number of halogens is 1. The minimum Gasteiger partial charge on any atom is -0.491 e. The average Bonchev–Trinajstić information content (AvgIpc) is 2.48. The van der Waals surface area contributed by atoms with Crippen LogP contribution in [0.25, 0.3) is 0 Å². The van der Waals surface area contributed by atoms with Gasteiger partial charge in [0.05, 0.1) is 12.3 Å². The van der Waals surface area contributed by atoms with Gasteiger partial charge in [-0.25, -0.2) is 4.39 Å². The highest BCUT2D eigenvalue weighted by atomic mass is 19.1. The van der Waals surface area contributed by atoms with Crippen LogP contribution < -0.4 is 9.64 Å². The van der Waals surface area contributed by atoms with Crippen molar-refractivity contribution in [3.8, 4) is 5.75 Å². The number of rotatable bonds is 6. The van der Waals surface area contributed by atoms with Gasteiger partial charge in [0, 0.05) is 39.4 Å². The van der Waals surface area contributed by atoms with Crippen LogP contribution in [-0.4, -0.2) is 57.9 Å². The lowest BCUT2D eigenvalue weighted by atomic mass is 10.2. The Balaban J connectivity index is 1.95. The molecular formula is C15H23FN2O2. The molecule has 4 nitrogen and oxygen atoms in total. The smallest absolute Gasteiger partial charge is 0.150 e. The second-order valence-corrected chi connectivity index (χ2v) is 4.88. The van der Waals surface area contributed by atoms with E-state index in [1.165, 1.54) is 6.07 Å². The van der Waals surface area contributed by atoms with E-state index in [0.717, 1.165) is 32.7 Å². The number of nitrogens with zero attached hydrogens (tertiary/aromatic N) is 2. The molecular weight excluding hydrogens is 259 g/mol. The lowest BCUT2D eigenvalue weighted by Gasteiger charge is -2.35. The van der Waals surface area contributed by atoms with Crippen molar-refractivity contribution in [1.82, 2.24) is 4.90 Å². The van der Waals surface area contributed by atoms with Gasteiger partial charge in [-0.05, 0) is 18.7 Å². The Bertz CT molecular complexity index is 420. The molecule has 0 atom stereocenters. The van der Waals surface area contributed by atoms with Crippen molar-refractivity contribution < 1.29 is 13.9 Å². The van der Waals surface area contributed by atoms with E-state index < -0.39 is 0 Å². The highest BCUT2D eigenvalue weighted by molar-refractivity contribution is 5.51. The first kappa shape index (κ1) is 15.1. The Labute approximate surface area is 120 Å². The Kier molecular flexibility index (Phi) is 5.61. The molecule has 112 valence electrons. The summed E-state index contributed by atoms with van der Waals surface area (Å²) in [7, 11) is 1.61. The summed E-state index contributed by atoms with van der Waals surface area (Å²) in [6.45, 7) is 7.87. The third kappa shape index (κ3) is 3.84. The van der Waals surface area contributed by atoms with Crippen LogP contribution >= 0.6 is 0 Å². The molecule has 0 amide bonds. The number of hydrogen-bond acceptors (Lipinski definition) is 4. The van der Waals surface area contributed by atoms with Crippen molar-refractivity contribution in [3.05, 3.63) is 24.0 Å².